The van der Waals surface area contributed by atoms with Crippen molar-refractivity contribution in [2.75, 3.05) is 18.0 Å². The quantitative estimate of drug-likeness (QED) is 0.438. The number of benzene rings is 2. The van der Waals surface area contributed by atoms with Gasteiger partial charge in [-0.05, 0) is 42.5 Å². The summed E-state index contributed by atoms with van der Waals surface area (Å²) >= 11 is 0. The zero-order valence-corrected chi connectivity index (χ0v) is 18.0. The molecule has 0 bridgehead atoms. The van der Waals surface area contributed by atoms with Crippen molar-refractivity contribution in [1.29, 1.82) is 0 Å². The number of anilines is 2. The molecule has 4 aromatic rings. The lowest BCUT2D eigenvalue weighted by molar-refractivity contribution is -0.122. The maximum absolute atomic E-state index is 12.9. The number of phenols is 1. The summed E-state index contributed by atoms with van der Waals surface area (Å²) in [5.74, 6) is 1.05. The molecule has 0 saturated heterocycles. The van der Waals surface area contributed by atoms with Crippen LogP contribution in [0.1, 0.15) is 41.4 Å². The summed E-state index contributed by atoms with van der Waals surface area (Å²) in [6, 6.07) is 13.9. The number of aromatic nitrogens is 4. The van der Waals surface area contributed by atoms with Crippen molar-refractivity contribution in [2.45, 2.75) is 31.1 Å². The molecular formula is C25H24N6O2. The molecule has 1 aliphatic carbocycles. The Kier molecular flexibility index (Phi) is 4.71. The van der Waals surface area contributed by atoms with Gasteiger partial charge in [-0.1, -0.05) is 30.3 Å². The molecule has 166 valence electrons. The lowest BCUT2D eigenvalue weighted by Gasteiger charge is -2.19. The van der Waals surface area contributed by atoms with Crippen LogP contribution in [0.3, 0.4) is 0 Å². The average molecular weight is 441 g/mol. The van der Waals surface area contributed by atoms with Crippen LogP contribution in [0.15, 0.2) is 55.0 Å². The van der Waals surface area contributed by atoms with Crippen molar-refractivity contribution >= 4 is 28.4 Å². The van der Waals surface area contributed by atoms with Gasteiger partial charge >= 0.3 is 0 Å². The van der Waals surface area contributed by atoms with Gasteiger partial charge in [0, 0.05) is 30.3 Å². The second-order valence-electron chi connectivity index (χ2n) is 8.72. The number of carbonyl (C=O) groups excluding carboxylic acids is 1. The summed E-state index contributed by atoms with van der Waals surface area (Å²) in [6.07, 6.45) is 5.71. The van der Waals surface area contributed by atoms with Crippen LogP contribution in [0.5, 0.6) is 5.75 Å². The lowest BCUT2D eigenvalue weighted by Crippen LogP contribution is -2.30. The minimum atomic E-state index is -0.274. The molecule has 8 nitrogen and oxygen atoms in total. The largest absolute Gasteiger partial charge is 0.508 e. The summed E-state index contributed by atoms with van der Waals surface area (Å²) in [5, 5.41) is 21.3. The van der Waals surface area contributed by atoms with Crippen molar-refractivity contribution in [2.24, 2.45) is 0 Å². The van der Waals surface area contributed by atoms with Crippen molar-refractivity contribution in [3.8, 4) is 5.75 Å². The Morgan fingerprint density at radius 2 is 2.09 bits per heavy atom. The van der Waals surface area contributed by atoms with Gasteiger partial charge in [-0.25, -0.2) is 9.97 Å². The second kappa shape index (κ2) is 7.88. The standard InChI is InChI=1S/C25H24N6O2/c32-21-7-3-4-15-8-9-18(22(15)21)25(33)26-11-10-16-13-31(20-6-2-1-5-17(16)20)24-19-12-29-30-23(19)27-14-28-24/h1-7,12,14,16,18,32H,8-11,13H2,(H,26,33)(H,27,28,29,30). The molecule has 0 spiro atoms. The number of aromatic amines is 1. The van der Waals surface area contributed by atoms with Crippen LogP contribution in [-0.2, 0) is 11.2 Å². The third kappa shape index (κ3) is 3.29. The molecule has 33 heavy (non-hydrogen) atoms. The molecule has 2 aliphatic rings. The van der Waals surface area contributed by atoms with Crippen molar-refractivity contribution in [3.63, 3.8) is 0 Å². The Morgan fingerprint density at radius 3 is 3.03 bits per heavy atom. The molecular weight excluding hydrogens is 416 g/mol. The van der Waals surface area contributed by atoms with Gasteiger partial charge in [-0.3, -0.25) is 9.89 Å². The molecule has 3 heterocycles. The van der Waals surface area contributed by atoms with E-state index >= 15 is 0 Å². The summed E-state index contributed by atoms with van der Waals surface area (Å²) in [5.41, 5.74) is 4.97. The fourth-order valence-corrected chi connectivity index (χ4v) is 5.33. The molecule has 8 heteroatoms. The van der Waals surface area contributed by atoms with Gasteiger partial charge in [-0.15, -0.1) is 0 Å². The molecule has 2 atom stereocenters. The van der Waals surface area contributed by atoms with Gasteiger partial charge in [0.05, 0.1) is 17.5 Å². The fourth-order valence-electron chi connectivity index (χ4n) is 5.33. The molecule has 1 amide bonds. The minimum absolute atomic E-state index is 0.00528. The van der Waals surface area contributed by atoms with Crippen LogP contribution in [0.4, 0.5) is 11.5 Å². The number of para-hydroxylation sites is 1. The number of nitrogens with one attached hydrogen (secondary N) is 2. The van der Waals surface area contributed by atoms with Gasteiger partial charge in [0.1, 0.15) is 17.9 Å². The number of nitrogens with zero attached hydrogens (tertiary/aromatic N) is 4. The number of fused-ring (bicyclic) bond motifs is 3. The zero-order valence-electron chi connectivity index (χ0n) is 18.0. The lowest BCUT2D eigenvalue weighted by atomic mass is 9.97. The number of carbonyl (C=O) groups is 1. The smallest absolute Gasteiger partial charge is 0.227 e. The van der Waals surface area contributed by atoms with E-state index in [0.717, 1.165) is 53.8 Å². The normalized spacial score (nSPS) is 19.0. The summed E-state index contributed by atoms with van der Waals surface area (Å²) < 4.78 is 0. The first-order valence-corrected chi connectivity index (χ1v) is 11.3. The number of phenolic OH excluding ortho intramolecular Hbond substituents is 1. The maximum Gasteiger partial charge on any atom is 0.227 e. The molecule has 2 aromatic heterocycles. The predicted octanol–water partition coefficient (Wildman–Crippen LogP) is 3.53. The molecule has 3 N–H and O–H groups in total. The SMILES string of the molecule is O=C(NCCC1CN(c2ncnc3[nH]ncc23)c2ccccc21)C1CCc2cccc(O)c21. The van der Waals surface area contributed by atoms with Crippen LogP contribution in [0, 0.1) is 0 Å². The Bertz CT molecular complexity index is 1350. The van der Waals surface area contributed by atoms with E-state index in [1.54, 1.807) is 18.6 Å². The zero-order chi connectivity index (χ0) is 22.4. The summed E-state index contributed by atoms with van der Waals surface area (Å²) in [7, 11) is 0. The van der Waals surface area contributed by atoms with E-state index in [2.05, 4.69) is 48.6 Å². The van der Waals surface area contributed by atoms with Crippen molar-refractivity contribution < 1.29 is 9.90 Å². The van der Waals surface area contributed by atoms with E-state index in [0.29, 0.717) is 12.2 Å². The van der Waals surface area contributed by atoms with E-state index in [9.17, 15) is 9.90 Å². The Balaban J connectivity index is 1.17. The fraction of sp³-hybridized carbons (Fsp3) is 0.280. The van der Waals surface area contributed by atoms with Crippen molar-refractivity contribution in [1.82, 2.24) is 25.5 Å². The molecule has 6 rings (SSSR count). The van der Waals surface area contributed by atoms with E-state index in [-0.39, 0.29) is 23.5 Å². The molecule has 1 aliphatic heterocycles. The Hall–Kier alpha value is -3.94. The highest BCUT2D eigenvalue weighted by molar-refractivity contribution is 5.90. The van der Waals surface area contributed by atoms with Gasteiger partial charge < -0.3 is 15.3 Å². The first kappa shape index (κ1) is 19.7. The second-order valence-corrected chi connectivity index (χ2v) is 8.72. The predicted molar refractivity (Wildman–Crippen MR) is 125 cm³/mol. The molecule has 2 aromatic carbocycles. The van der Waals surface area contributed by atoms with Gasteiger partial charge in [0.2, 0.25) is 5.91 Å². The summed E-state index contributed by atoms with van der Waals surface area (Å²) in [6.45, 7) is 1.36. The molecule has 0 radical (unpaired) electrons. The van der Waals surface area contributed by atoms with Gasteiger partial charge in [0.25, 0.3) is 0 Å². The van der Waals surface area contributed by atoms with Crippen LogP contribution in [0.2, 0.25) is 0 Å². The number of aryl methyl sites for hydroxylation is 1. The highest BCUT2D eigenvalue weighted by Gasteiger charge is 2.33. The van der Waals surface area contributed by atoms with E-state index in [1.165, 1.54) is 5.56 Å². The van der Waals surface area contributed by atoms with E-state index < -0.39 is 0 Å². The van der Waals surface area contributed by atoms with Crippen LogP contribution in [-0.4, -0.2) is 44.3 Å². The average Bonchev–Trinajstić information content (AvgIpc) is 3.56. The number of rotatable bonds is 5. The Morgan fingerprint density at radius 1 is 1.18 bits per heavy atom. The first-order chi connectivity index (χ1) is 16.2. The number of amides is 1. The third-order valence-corrected chi connectivity index (χ3v) is 6.89. The molecule has 0 fully saturated rings. The van der Waals surface area contributed by atoms with E-state index in [1.807, 2.05) is 18.2 Å². The van der Waals surface area contributed by atoms with Gasteiger partial charge in [0.15, 0.2) is 5.65 Å². The number of H-pyrrole nitrogens is 1. The Labute approximate surface area is 190 Å². The summed E-state index contributed by atoms with van der Waals surface area (Å²) in [4.78, 5) is 23.9. The molecule has 0 saturated carbocycles. The van der Waals surface area contributed by atoms with Crippen molar-refractivity contribution in [3.05, 3.63) is 71.7 Å². The maximum atomic E-state index is 12.9. The topological polar surface area (TPSA) is 107 Å². The highest BCUT2D eigenvalue weighted by Crippen LogP contribution is 2.43. The van der Waals surface area contributed by atoms with Crippen LogP contribution < -0.4 is 10.2 Å². The van der Waals surface area contributed by atoms with Gasteiger partial charge in [-0.2, -0.15) is 5.10 Å². The number of hydrogen-bond acceptors (Lipinski definition) is 6. The van der Waals surface area contributed by atoms with E-state index in [4.69, 9.17) is 0 Å². The first-order valence-electron chi connectivity index (χ1n) is 11.3. The monoisotopic (exact) mass is 440 g/mol. The van der Waals surface area contributed by atoms with Crippen LogP contribution in [0.25, 0.3) is 11.0 Å². The number of aromatic hydroxyl groups is 1. The highest BCUT2D eigenvalue weighted by atomic mass is 16.3. The third-order valence-electron chi connectivity index (χ3n) is 6.89. The number of hydrogen-bond donors (Lipinski definition) is 3. The minimum Gasteiger partial charge on any atom is -0.508 e. The van der Waals surface area contributed by atoms with Crippen LogP contribution >= 0.6 is 0 Å². The molecule has 2 unspecified atom stereocenters.